The van der Waals surface area contributed by atoms with Crippen LogP contribution in [0.25, 0.3) is 0 Å². The standard InChI is InChI=1S/C20H23FN2O6S/c1-27-14-4-6-16(17(21)12-14)20(24)22-8-10-23(11-9-22)30(25,26)19-13-15(28-2)5-7-18(19)29-3/h4-7,12-13H,8-11H2,1-3H3. The van der Waals surface area contributed by atoms with Gasteiger partial charge in [0.15, 0.2) is 0 Å². The predicted molar refractivity (Wildman–Crippen MR) is 107 cm³/mol. The van der Waals surface area contributed by atoms with E-state index in [0.29, 0.717) is 11.5 Å². The molecule has 0 N–H and O–H groups in total. The van der Waals surface area contributed by atoms with Gasteiger partial charge in [-0.1, -0.05) is 0 Å². The SMILES string of the molecule is COc1ccc(C(=O)N2CCN(S(=O)(=O)c3cc(OC)ccc3OC)CC2)c(F)c1. The van der Waals surface area contributed by atoms with Crippen LogP contribution in [0.1, 0.15) is 10.4 Å². The maximum absolute atomic E-state index is 14.2. The lowest BCUT2D eigenvalue weighted by Gasteiger charge is -2.34. The second-order valence-electron chi connectivity index (χ2n) is 6.56. The molecule has 0 saturated carbocycles. The number of hydrogen-bond acceptors (Lipinski definition) is 6. The number of methoxy groups -OCH3 is 3. The summed E-state index contributed by atoms with van der Waals surface area (Å²) < 4.78 is 57.0. The fourth-order valence-corrected chi connectivity index (χ4v) is 4.82. The van der Waals surface area contributed by atoms with Gasteiger partial charge < -0.3 is 19.1 Å². The zero-order chi connectivity index (χ0) is 21.9. The van der Waals surface area contributed by atoms with E-state index < -0.39 is 21.7 Å². The molecule has 1 amide bonds. The number of nitrogens with zero attached hydrogens (tertiary/aromatic N) is 2. The average Bonchev–Trinajstić information content (AvgIpc) is 2.78. The molecule has 1 heterocycles. The van der Waals surface area contributed by atoms with Crippen LogP contribution in [0.4, 0.5) is 4.39 Å². The van der Waals surface area contributed by atoms with E-state index in [1.165, 1.54) is 54.8 Å². The summed E-state index contributed by atoms with van der Waals surface area (Å²) in [6.45, 7) is 0.421. The van der Waals surface area contributed by atoms with E-state index in [0.717, 1.165) is 6.07 Å². The highest BCUT2D eigenvalue weighted by Gasteiger charge is 2.33. The van der Waals surface area contributed by atoms with Gasteiger partial charge in [-0.2, -0.15) is 4.31 Å². The normalized spacial score (nSPS) is 15.0. The molecule has 1 fully saturated rings. The Morgan fingerprint density at radius 1 is 0.900 bits per heavy atom. The van der Waals surface area contributed by atoms with Crippen LogP contribution in [0.3, 0.4) is 0 Å². The van der Waals surface area contributed by atoms with Gasteiger partial charge in [0.05, 0.1) is 26.9 Å². The van der Waals surface area contributed by atoms with Gasteiger partial charge in [-0.05, 0) is 24.3 Å². The van der Waals surface area contributed by atoms with E-state index in [-0.39, 0.29) is 42.4 Å². The van der Waals surface area contributed by atoms with Crippen molar-refractivity contribution < 1.29 is 31.8 Å². The highest BCUT2D eigenvalue weighted by Crippen LogP contribution is 2.31. The molecule has 30 heavy (non-hydrogen) atoms. The Morgan fingerprint density at radius 3 is 2.07 bits per heavy atom. The Hall–Kier alpha value is -2.85. The Morgan fingerprint density at radius 2 is 1.50 bits per heavy atom. The Bertz CT molecular complexity index is 1040. The monoisotopic (exact) mass is 438 g/mol. The van der Waals surface area contributed by atoms with E-state index in [1.54, 1.807) is 6.07 Å². The van der Waals surface area contributed by atoms with Crippen LogP contribution in [-0.4, -0.2) is 71.0 Å². The third kappa shape index (κ3) is 4.19. The smallest absolute Gasteiger partial charge is 0.256 e. The molecule has 1 aliphatic rings. The van der Waals surface area contributed by atoms with Crippen LogP contribution in [0.2, 0.25) is 0 Å². The third-order valence-electron chi connectivity index (χ3n) is 4.92. The molecule has 162 valence electrons. The number of amides is 1. The first-order chi connectivity index (χ1) is 14.3. The largest absolute Gasteiger partial charge is 0.497 e. The van der Waals surface area contributed by atoms with Gasteiger partial charge in [0.1, 0.15) is 28.0 Å². The van der Waals surface area contributed by atoms with Crippen LogP contribution < -0.4 is 14.2 Å². The molecule has 0 aromatic heterocycles. The predicted octanol–water partition coefficient (Wildman–Crippen LogP) is 2.00. The molecular formula is C20H23FN2O6S. The summed E-state index contributed by atoms with van der Waals surface area (Å²) >= 11 is 0. The molecular weight excluding hydrogens is 415 g/mol. The lowest BCUT2D eigenvalue weighted by atomic mass is 10.1. The van der Waals surface area contributed by atoms with Crippen LogP contribution in [0, 0.1) is 5.82 Å². The lowest BCUT2D eigenvalue weighted by Crippen LogP contribution is -2.50. The van der Waals surface area contributed by atoms with E-state index in [1.807, 2.05) is 0 Å². The molecule has 0 radical (unpaired) electrons. The second-order valence-corrected chi connectivity index (χ2v) is 8.47. The highest BCUT2D eigenvalue weighted by molar-refractivity contribution is 7.89. The number of sulfonamides is 1. The number of benzene rings is 2. The molecule has 8 nitrogen and oxygen atoms in total. The molecule has 0 unspecified atom stereocenters. The van der Waals surface area contributed by atoms with E-state index in [4.69, 9.17) is 14.2 Å². The number of hydrogen-bond donors (Lipinski definition) is 0. The lowest BCUT2D eigenvalue weighted by molar-refractivity contribution is 0.0693. The Labute approximate surface area is 174 Å². The van der Waals surface area contributed by atoms with Crippen molar-refractivity contribution in [3.8, 4) is 17.2 Å². The summed E-state index contributed by atoms with van der Waals surface area (Å²) in [5, 5.41) is 0. The number of piperazine rings is 1. The molecule has 2 aromatic rings. The van der Waals surface area contributed by atoms with Crippen molar-refractivity contribution in [1.29, 1.82) is 0 Å². The number of carbonyl (C=O) groups excluding carboxylic acids is 1. The van der Waals surface area contributed by atoms with E-state index >= 15 is 0 Å². The van der Waals surface area contributed by atoms with Gasteiger partial charge in [0.25, 0.3) is 5.91 Å². The summed E-state index contributed by atoms with van der Waals surface area (Å²) in [6, 6.07) is 8.55. The van der Waals surface area contributed by atoms with Crippen molar-refractivity contribution in [1.82, 2.24) is 9.21 Å². The van der Waals surface area contributed by atoms with Gasteiger partial charge >= 0.3 is 0 Å². The molecule has 1 saturated heterocycles. The number of carbonyl (C=O) groups is 1. The molecule has 0 aliphatic carbocycles. The molecule has 0 spiro atoms. The summed E-state index contributed by atoms with van der Waals surface area (Å²) in [7, 11) is 0.376. The van der Waals surface area contributed by atoms with E-state index in [2.05, 4.69) is 0 Å². The average molecular weight is 438 g/mol. The maximum Gasteiger partial charge on any atom is 0.256 e. The van der Waals surface area contributed by atoms with Crippen molar-refractivity contribution in [3.05, 3.63) is 47.8 Å². The number of rotatable bonds is 6. The highest BCUT2D eigenvalue weighted by atomic mass is 32.2. The van der Waals surface area contributed by atoms with Crippen LogP contribution in [0.5, 0.6) is 17.2 Å². The minimum atomic E-state index is -3.87. The van der Waals surface area contributed by atoms with Gasteiger partial charge in [-0.15, -0.1) is 0 Å². The third-order valence-corrected chi connectivity index (χ3v) is 6.84. The number of ether oxygens (including phenoxy) is 3. The summed E-state index contributed by atoms with van der Waals surface area (Å²) in [5.74, 6) is -0.276. The summed E-state index contributed by atoms with van der Waals surface area (Å²) in [6.07, 6.45) is 0. The summed E-state index contributed by atoms with van der Waals surface area (Å²) in [4.78, 5) is 14.1. The quantitative estimate of drug-likeness (QED) is 0.686. The first-order valence-electron chi connectivity index (χ1n) is 9.16. The minimum absolute atomic E-state index is 0.00896. The minimum Gasteiger partial charge on any atom is -0.497 e. The van der Waals surface area contributed by atoms with Crippen molar-refractivity contribution in [2.24, 2.45) is 0 Å². The molecule has 2 aromatic carbocycles. The van der Waals surface area contributed by atoms with Crippen molar-refractivity contribution in [2.75, 3.05) is 47.5 Å². The molecule has 1 aliphatic heterocycles. The Balaban J connectivity index is 1.76. The number of halogens is 1. The zero-order valence-electron chi connectivity index (χ0n) is 16.9. The van der Waals surface area contributed by atoms with Crippen LogP contribution >= 0.6 is 0 Å². The van der Waals surface area contributed by atoms with Crippen molar-refractivity contribution in [3.63, 3.8) is 0 Å². The molecule has 0 atom stereocenters. The van der Waals surface area contributed by atoms with Crippen LogP contribution in [0.15, 0.2) is 41.3 Å². The first-order valence-corrected chi connectivity index (χ1v) is 10.6. The van der Waals surface area contributed by atoms with Crippen molar-refractivity contribution in [2.45, 2.75) is 4.90 Å². The first kappa shape index (κ1) is 21.8. The van der Waals surface area contributed by atoms with Gasteiger partial charge in [0, 0.05) is 38.3 Å². The molecule has 3 rings (SSSR count). The topological polar surface area (TPSA) is 85.4 Å². The zero-order valence-corrected chi connectivity index (χ0v) is 17.7. The maximum atomic E-state index is 14.2. The fourth-order valence-electron chi connectivity index (χ4n) is 3.22. The van der Waals surface area contributed by atoms with Crippen LogP contribution in [-0.2, 0) is 10.0 Å². The van der Waals surface area contributed by atoms with E-state index in [9.17, 15) is 17.6 Å². The molecule has 10 heteroatoms. The van der Waals surface area contributed by atoms with Gasteiger partial charge in [0.2, 0.25) is 10.0 Å². The van der Waals surface area contributed by atoms with Crippen molar-refractivity contribution >= 4 is 15.9 Å². The Kier molecular flexibility index (Phi) is 6.47. The second kappa shape index (κ2) is 8.88. The molecule has 0 bridgehead atoms. The van der Waals surface area contributed by atoms with Gasteiger partial charge in [-0.3, -0.25) is 4.79 Å². The fraction of sp³-hybridized carbons (Fsp3) is 0.350. The van der Waals surface area contributed by atoms with Gasteiger partial charge in [-0.25, -0.2) is 12.8 Å². The summed E-state index contributed by atoms with van der Waals surface area (Å²) in [5.41, 5.74) is -0.0819.